The van der Waals surface area contributed by atoms with E-state index >= 15 is 0 Å². The minimum Gasteiger partial charge on any atom is -0.368 e. The van der Waals surface area contributed by atoms with E-state index in [0.29, 0.717) is 34.9 Å². The molecule has 1 fully saturated rings. The molecule has 7 nitrogen and oxygen atoms in total. The van der Waals surface area contributed by atoms with Crippen molar-refractivity contribution in [2.24, 2.45) is 11.7 Å². The van der Waals surface area contributed by atoms with Crippen LogP contribution in [-0.2, 0) is 19.2 Å². The number of carbonyl (C=O) groups is 4. The lowest BCUT2D eigenvalue weighted by Crippen LogP contribution is -2.53. The molecule has 0 aromatic heterocycles. The fourth-order valence-electron chi connectivity index (χ4n) is 4.13. The maximum atomic E-state index is 13.7. The molecule has 3 amide bonds. The van der Waals surface area contributed by atoms with Gasteiger partial charge in [-0.2, -0.15) is 0 Å². The summed E-state index contributed by atoms with van der Waals surface area (Å²) in [5, 5.41) is 2.80. The number of primary amides is 1. The van der Waals surface area contributed by atoms with Crippen molar-refractivity contribution >= 4 is 52.6 Å². The molecule has 1 saturated carbocycles. The number of anilines is 1. The second-order valence-corrected chi connectivity index (χ2v) is 9.47. The molecule has 1 aliphatic carbocycles. The second kappa shape index (κ2) is 9.34. The van der Waals surface area contributed by atoms with Crippen molar-refractivity contribution in [3.63, 3.8) is 0 Å². The highest BCUT2D eigenvalue weighted by Crippen LogP contribution is 2.46. The Hall–Kier alpha value is -2.84. The normalized spacial score (nSPS) is 22.9. The summed E-state index contributed by atoms with van der Waals surface area (Å²) in [4.78, 5) is 52.6. The first-order chi connectivity index (χ1) is 15.3. The van der Waals surface area contributed by atoms with Crippen LogP contribution in [-0.4, -0.2) is 36.1 Å². The van der Waals surface area contributed by atoms with Crippen LogP contribution in [0.5, 0.6) is 0 Å². The maximum Gasteiger partial charge on any atom is 0.251 e. The molecule has 166 valence electrons. The molecule has 3 N–H and O–H groups in total. The summed E-state index contributed by atoms with van der Waals surface area (Å²) in [5.74, 6) is -2.48. The highest BCUT2D eigenvalue weighted by atomic mass is 35.5. The molecule has 1 heterocycles. The number of fused-ring (bicyclic) bond motifs is 1. The number of hydrogen-bond donors (Lipinski definition) is 2. The highest BCUT2D eigenvalue weighted by Gasteiger charge is 2.42. The first kappa shape index (κ1) is 22.4. The second-order valence-electron chi connectivity index (χ2n) is 7.85. The summed E-state index contributed by atoms with van der Waals surface area (Å²) in [6.07, 6.45) is 1.49. The number of benzene rings is 2. The van der Waals surface area contributed by atoms with Crippen LogP contribution in [0.25, 0.3) is 0 Å². The lowest BCUT2D eigenvalue weighted by atomic mass is 10.0. The number of amides is 3. The Balaban J connectivity index is 1.78. The van der Waals surface area contributed by atoms with Crippen molar-refractivity contribution in [1.82, 2.24) is 5.32 Å². The maximum absolute atomic E-state index is 13.7. The molecular formula is C23H22ClN3O4S. The standard InChI is InChI=1S/C23H22ClN3O4S/c24-14-9-10-16-18(11-14)32-21(13-5-2-1-3-6-13)20(23(31)27(16)12-19(25)29)26-22(30)15-7-4-8-17(15)28/h1-3,5-6,9-11,15,20-21H,4,7-8,12H2,(H2,25,29)(H,26,30)/t15?,20-,21-/m1/s1. The van der Waals surface area contributed by atoms with E-state index in [4.69, 9.17) is 17.3 Å². The van der Waals surface area contributed by atoms with Crippen LogP contribution in [0.2, 0.25) is 5.02 Å². The van der Waals surface area contributed by atoms with Gasteiger partial charge in [0.1, 0.15) is 18.4 Å². The van der Waals surface area contributed by atoms with E-state index in [2.05, 4.69) is 5.32 Å². The molecule has 9 heteroatoms. The lowest BCUT2D eigenvalue weighted by Gasteiger charge is -2.28. The Morgan fingerprint density at radius 2 is 1.91 bits per heavy atom. The van der Waals surface area contributed by atoms with E-state index in [1.54, 1.807) is 18.2 Å². The van der Waals surface area contributed by atoms with Gasteiger partial charge in [0, 0.05) is 16.3 Å². The van der Waals surface area contributed by atoms with Gasteiger partial charge in [0.25, 0.3) is 5.91 Å². The molecule has 0 saturated heterocycles. The largest absolute Gasteiger partial charge is 0.368 e. The molecule has 32 heavy (non-hydrogen) atoms. The van der Waals surface area contributed by atoms with Crippen molar-refractivity contribution in [3.8, 4) is 0 Å². The molecule has 1 unspecified atom stereocenters. The van der Waals surface area contributed by atoms with Gasteiger partial charge >= 0.3 is 0 Å². The minimum atomic E-state index is -1.01. The van der Waals surface area contributed by atoms with E-state index in [1.807, 2.05) is 30.3 Å². The van der Waals surface area contributed by atoms with Crippen molar-refractivity contribution in [3.05, 3.63) is 59.1 Å². The predicted octanol–water partition coefficient (Wildman–Crippen LogP) is 2.86. The number of thioether (sulfide) groups is 1. The van der Waals surface area contributed by atoms with Crippen LogP contribution in [0.4, 0.5) is 5.69 Å². The quantitative estimate of drug-likeness (QED) is 0.651. The van der Waals surface area contributed by atoms with Gasteiger partial charge in [-0.3, -0.25) is 19.2 Å². The van der Waals surface area contributed by atoms with Crippen molar-refractivity contribution in [1.29, 1.82) is 0 Å². The topological polar surface area (TPSA) is 110 Å². The van der Waals surface area contributed by atoms with Gasteiger partial charge < -0.3 is 16.0 Å². The SMILES string of the molecule is NC(=O)CN1C(=O)[C@H](NC(=O)C2CCCC2=O)[C@@H](c2ccccc2)Sc2cc(Cl)ccc21. The third kappa shape index (κ3) is 4.52. The molecule has 4 rings (SSSR count). The summed E-state index contributed by atoms with van der Waals surface area (Å²) < 4.78 is 0. The summed E-state index contributed by atoms with van der Waals surface area (Å²) in [7, 11) is 0. The number of ketones is 1. The Bertz CT molecular complexity index is 1080. The van der Waals surface area contributed by atoms with E-state index in [1.165, 1.54) is 16.7 Å². The third-order valence-corrected chi connectivity index (χ3v) is 7.28. The molecule has 0 spiro atoms. The molecule has 2 aliphatic rings. The van der Waals surface area contributed by atoms with Crippen LogP contribution in [0.15, 0.2) is 53.4 Å². The van der Waals surface area contributed by atoms with Gasteiger partial charge in [-0.25, -0.2) is 0 Å². The predicted molar refractivity (Wildman–Crippen MR) is 122 cm³/mol. The molecule has 0 radical (unpaired) electrons. The summed E-state index contributed by atoms with van der Waals surface area (Å²) in [6, 6.07) is 13.3. The zero-order valence-electron chi connectivity index (χ0n) is 17.1. The van der Waals surface area contributed by atoms with Gasteiger partial charge in [-0.1, -0.05) is 41.9 Å². The fraction of sp³-hybridized carbons (Fsp3) is 0.304. The van der Waals surface area contributed by atoms with Crippen LogP contribution in [0.3, 0.4) is 0 Å². The lowest BCUT2D eigenvalue weighted by molar-refractivity contribution is -0.135. The summed E-state index contributed by atoms with van der Waals surface area (Å²) >= 11 is 7.60. The van der Waals surface area contributed by atoms with E-state index < -0.39 is 34.9 Å². The summed E-state index contributed by atoms with van der Waals surface area (Å²) in [5.41, 5.74) is 6.75. The smallest absolute Gasteiger partial charge is 0.251 e. The Morgan fingerprint density at radius 3 is 2.56 bits per heavy atom. The molecule has 3 atom stereocenters. The molecule has 2 aromatic carbocycles. The van der Waals surface area contributed by atoms with Crippen molar-refractivity contribution in [2.75, 3.05) is 11.4 Å². The van der Waals surface area contributed by atoms with Gasteiger partial charge in [-0.05, 0) is 36.6 Å². The average molecular weight is 472 g/mol. The van der Waals surface area contributed by atoms with Crippen molar-refractivity contribution in [2.45, 2.75) is 35.4 Å². The van der Waals surface area contributed by atoms with Gasteiger partial charge in [0.15, 0.2) is 0 Å². The molecule has 1 aliphatic heterocycles. The van der Waals surface area contributed by atoms with Crippen LogP contribution < -0.4 is 16.0 Å². The minimum absolute atomic E-state index is 0.114. The summed E-state index contributed by atoms with van der Waals surface area (Å²) in [6.45, 7) is -0.343. The number of nitrogens with one attached hydrogen (secondary N) is 1. The van der Waals surface area contributed by atoms with Crippen LogP contribution in [0.1, 0.15) is 30.1 Å². The van der Waals surface area contributed by atoms with E-state index in [0.717, 1.165) is 5.56 Å². The van der Waals surface area contributed by atoms with E-state index in [9.17, 15) is 19.2 Å². The fourth-order valence-corrected chi connectivity index (χ4v) is 5.75. The Kier molecular flexibility index (Phi) is 6.53. The average Bonchev–Trinajstić information content (AvgIpc) is 3.16. The highest BCUT2D eigenvalue weighted by molar-refractivity contribution is 7.99. The number of carbonyl (C=O) groups excluding carboxylic acids is 4. The molecule has 2 aromatic rings. The monoisotopic (exact) mass is 471 g/mol. The zero-order chi connectivity index (χ0) is 22.8. The Labute approximate surface area is 194 Å². The molecular weight excluding hydrogens is 450 g/mol. The number of Topliss-reactive ketones (excluding diaryl/α,β-unsaturated/α-hetero) is 1. The number of rotatable bonds is 5. The van der Waals surface area contributed by atoms with Crippen molar-refractivity contribution < 1.29 is 19.2 Å². The zero-order valence-corrected chi connectivity index (χ0v) is 18.7. The third-order valence-electron chi connectivity index (χ3n) is 5.66. The van der Waals surface area contributed by atoms with E-state index in [-0.39, 0.29) is 12.3 Å². The number of nitrogens with two attached hydrogens (primary N) is 1. The Morgan fingerprint density at radius 1 is 1.16 bits per heavy atom. The van der Waals surface area contributed by atoms with Crippen LogP contribution >= 0.6 is 23.4 Å². The number of halogens is 1. The number of hydrogen-bond acceptors (Lipinski definition) is 5. The first-order valence-electron chi connectivity index (χ1n) is 10.3. The van der Waals surface area contributed by atoms with Gasteiger partial charge in [0.2, 0.25) is 11.8 Å². The molecule has 0 bridgehead atoms. The van der Waals surface area contributed by atoms with Crippen LogP contribution in [0, 0.1) is 5.92 Å². The van der Waals surface area contributed by atoms with Gasteiger partial charge in [-0.15, -0.1) is 11.8 Å². The number of nitrogens with zero attached hydrogens (tertiary/aromatic N) is 1. The first-order valence-corrected chi connectivity index (χ1v) is 11.5. The van der Waals surface area contributed by atoms with Gasteiger partial charge in [0.05, 0.1) is 16.9 Å².